The van der Waals surface area contributed by atoms with E-state index in [-0.39, 0.29) is 36.3 Å². The number of H-pyrrole nitrogens is 1. The number of oxazole rings is 2. The second-order valence-electron chi connectivity index (χ2n) is 14.6. The number of carbonyl (C=O) groups excluding carboxylic acids is 2. The summed E-state index contributed by atoms with van der Waals surface area (Å²) in [6, 6.07) is 25.3. The fourth-order valence-corrected chi connectivity index (χ4v) is 8.14. The van der Waals surface area contributed by atoms with Gasteiger partial charge in [-0.1, -0.05) is 86.6 Å². The molecule has 55 heavy (non-hydrogen) atoms. The molecule has 0 saturated heterocycles. The summed E-state index contributed by atoms with van der Waals surface area (Å²) in [5.74, 6) is 0.405. The first-order valence-electron chi connectivity index (χ1n) is 18.4. The van der Waals surface area contributed by atoms with Crippen LogP contribution in [-0.2, 0) is 16.0 Å². The van der Waals surface area contributed by atoms with Crippen molar-refractivity contribution in [2.45, 2.75) is 50.6 Å². The molecule has 3 aliphatic rings. The van der Waals surface area contributed by atoms with Gasteiger partial charge in [-0.05, 0) is 40.3 Å². The molecular weight excluding hydrogens is 697 g/mol. The third kappa shape index (κ3) is 5.47. The molecule has 10 rings (SSSR count). The zero-order valence-electron chi connectivity index (χ0n) is 29.9. The Hall–Kier alpha value is -6.66. The Morgan fingerprint density at radius 3 is 2.64 bits per heavy atom. The molecule has 3 aliphatic heterocycles. The van der Waals surface area contributed by atoms with Crippen LogP contribution in [0.1, 0.15) is 60.1 Å². The Morgan fingerprint density at radius 2 is 1.78 bits per heavy atom. The van der Waals surface area contributed by atoms with Crippen molar-refractivity contribution < 1.29 is 28.3 Å². The van der Waals surface area contributed by atoms with Gasteiger partial charge in [-0.15, -0.1) is 0 Å². The van der Waals surface area contributed by atoms with Gasteiger partial charge in [0, 0.05) is 45.9 Å². The van der Waals surface area contributed by atoms with Gasteiger partial charge in [0.1, 0.15) is 24.1 Å². The maximum Gasteiger partial charge on any atom is 0.254 e. The van der Waals surface area contributed by atoms with Gasteiger partial charge in [0.15, 0.2) is 23.8 Å². The topological polar surface area (TPSA) is 168 Å². The van der Waals surface area contributed by atoms with Crippen LogP contribution in [0.4, 0.5) is 5.69 Å². The molecule has 2 amide bonds. The third-order valence-corrected chi connectivity index (χ3v) is 10.9. The number of aromatic amines is 1. The van der Waals surface area contributed by atoms with Crippen molar-refractivity contribution in [2.24, 2.45) is 5.92 Å². The second kappa shape index (κ2) is 12.7. The predicted molar refractivity (Wildman–Crippen MR) is 204 cm³/mol. The summed E-state index contributed by atoms with van der Waals surface area (Å²) in [6.07, 6.45) is 3.39. The lowest BCUT2D eigenvalue weighted by molar-refractivity contribution is -0.134. The van der Waals surface area contributed by atoms with E-state index in [9.17, 15) is 14.7 Å². The van der Waals surface area contributed by atoms with Gasteiger partial charge in [0.25, 0.3) is 5.91 Å². The average Bonchev–Trinajstić information content (AvgIpc) is 4.04. The Bertz CT molecular complexity index is 2620. The van der Waals surface area contributed by atoms with Crippen LogP contribution in [0, 0.1) is 5.92 Å². The van der Waals surface area contributed by atoms with E-state index in [0.717, 1.165) is 55.7 Å². The van der Waals surface area contributed by atoms with E-state index < -0.39 is 30.0 Å². The molecule has 12 heteroatoms. The number of fused-ring (bicyclic) bond motifs is 8. The number of nitrogens with zero attached hydrogens (tertiary/aromatic N) is 2. The summed E-state index contributed by atoms with van der Waals surface area (Å²) in [7, 11) is 0. The first-order chi connectivity index (χ1) is 26.8. The first-order valence-corrected chi connectivity index (χ1v) is 18.4. The number of nitrogens with one attached hydrogen (secondary N) is 4. The lowest BCUT2D eigenvalue weighted by Crippen LogP contribution is -2.50. The fraction of sp³-hybridized carbons (Fsp3) is 0.209. The summed E-state index contributed by atoms with van der Waals surface area (Å²) in [6.45, 7) is 3.88. The van der Waals surface area contributed by atoms with Crippen LogP contribution in [0.2, 0.25) is 0 Å². The van der Waals surface area contributed by atoms with Crippen LogP contribution < -0.4 is 20.7 Å². The fourth-order valence-electron chi connectivity index (χ4n) is 8.14. The number of aromatic nitrogens is 3. The van der Waals surface area contributed by atoms with Crippen molar-refractivity contribution in [3.8, 4) is 39.8 Å². The number of para-hydroxylation sites is 1. The summed E-state index contributed by atoms with van der Waals surface area (Å²) < 4.78 is 18.8. The van der Waals surface area contributed by atoms with E-state index in [1.54, 1.807) is 36.5 Å². The van der Waals surface area contributed by atoms with Gasteiger partial charge in [-0.25, -0.2) is 9.97 Å². The largest absolute Gasteiger partial charge is 0.469 e. The average molecular weight is 733 g/mol. The Kier molecular flexibility index (Phi) is 7.63. The molecule has 7 aromatic rings. The zero-order valence-corrected chi connectivity index (χ0v) is 29.9. The molecule has 274 valence electrons. The second-order valence-corrected chi connectivity index (χ2v) is 14.6. The lowest BCUT2D eigenvalue weighted by atomic mass is 9.88. The van der Waals surface area contributed by atoms with Gasteiger partial charge in [-0.3, -0.25) is 9.59 Å². The number of hydrogen-bond donors (Lipinski definition) is 5. The number of rotatable bonds is 4. The normalized spacial score (nSPS) is 20.1. The summed E-state index contributed by atoms with van der Waals surface area (Å²) in [5.41, 5.74) is 8.48. The Labute approximate surface area is 315 Å². The summed E-state index contributed by atoms with van der Waals surface area (Å²) in [5, 5.41) is 21.6. The number of hydrogen-bond acceptors (Lipinski definition) is 9. The predicted octanol–water partition coefficient (Wildman–Crippen LogP) is 7.01. The number of carbonyl (C=O) groups is 2. The maximum atomic E-state index is 14.3. The van der Waals surface area contributed by atoms with E-state index in [0.29, 0.717) is 17.0 Å². The van der Waals surface area contributed by atoms with Crippen molar-refractivity contribution in [2.75, 3.05) is 5.32 Å². The third-order valence-electron chi connectivity index (χ3n) is 10.9. The molecule has 10 bridgehead atoms. The van der Waals surface area contributed by atoms with Crippen LogP contribution in [0.25, 0.3) is 44.9 Å². The van der Waals surface area contributed by atoms with E-state index in [4.69, 9.17) is 18.6 Å². The summed E-state index contributed by atoms with van der Waals surface area (Å²) >= 11 is 0. The number of amides is 2. The van der Waals surface area contributed by atoms with Crippen molar-refractivity contribution in [3.63, 3.8) is 0 Å². The highest BCUT2D eigenvalue weighted by Gasteiger charge is 2.43. The molecule has 6 heterocycles. The molecule has 5 N–H and O–H groups in total. The van der Waals surface area contributed by atoms with E-state index in [1.165, 1.54) is 6.26 Å². The lowest BCUT2D eigenvalue weighted by Gasteiger charge is -2.25. The van der Waals surface area contributed by atoms with Crippen molar-refractivity contribution in [3.05, 3.63) is 132 Å². The van der Waals surface area contributed by atoms with Gasteiger partial charge >= 0.3 is 0 Å². The number of ether oxygens (including phenoxy) is 1. The van der Waals surface area contributed by atoms with Crippen LogP contribution in [0.15, 0.2) is 112 Å². The SMILES string of the molecule is CC(C)C1NC(=O)[C@@H](NC(=O)[C@@H](O)c2ccccc2)Cc2ccc3c(c2)C2c4cccc(c4N[C@H]2O3)-c2cccc3[nH]cc(c23)-c2cnc(o2)-c2coc1n2. The summed E-state index contributed by atoms with van der Waals surface area (Å²) in [4.78, 5) is 40.5. The van der Waals surface area contributed by atoms with Crippen LogP contribution in [0.3, 0.4) is 0 Å². The highest BCUT2D eigenvalue weighted by Crippen LogP contribution is 2.53. The molecule has 0 radical (unpaired) electrons. The van der Waals surface area contributed by atoms with E-state index in [1.807, 2.05) is 44.3 Å². The minimum atomic E-state index is -1.47. The monoisotopic (exact) mass is 732 g/mol. The van der Waals surface area contributed by atoms with Crippen LogP contribution >= 0.6 is 0 Å². The quantitative estimate of drug-likeness (QED) is 0.128. The Balaban J connectivity index is 1.11. The molecule has 0 aliphatic carbocycles. The van der Waals surface area contributed by atoms with Gasteiger partial charge < -0.3 is 39.6 Å². The number of aliphatic hydroxyl groups is 1. The molecule has 0 fully saturated rings. The molecule has 3 aromatic heterocycles. The molecule has 2 unspecified atom stereocenters. The van der Waals surface area contributed by atoms with Gasteiger partial charge in [0.05, 0.1) is 12.1 Å². The number of aliphatic hydroxyl groups excluding tert-OH is 1. The number of anilines is 1. The smallest absolute Gasteiger partial charge is 0.254 e. The van der Waals surface area contributed by atoms with Crippen molar-refractivity contribution in [1.82, 2.24) is 25.6 Å². The number of benzene rings is 4. The van der Waals surface area contributed by atoms with Gasteiger partial charge in [0.2, 0.25) is 17.7 Å². The van der Waals surface area contributed by atoms with Crippen molar-refractivity contribution in [1.29, 1.82) is 0 Å². The molecule has 12 nitrogen and oxygen atoms in total. The standard InChI is InChI=1S/C43H36N6O6/c1-21(2)36-43-47-31(20-53-43)41-45-19-33(55-41)28-18-44-29-13-7-10-24(34(28)29)25-11-6-12-26-35-27-16-22(14-15-32(27)54-42(35)49-37(25)26)17-30(39(51)48-36)46-40(52)38(50)23-8-4-3-5-9-23/h3-16,18-21,30,35-36,38,42,44,49-50H,17H2,1-2H3,(H,46,52)(H,48,51)/t30-,35?,36?,38-,42-/m0/s1. The van der Waals surface area contributed by atoms with Crippen molar-refractivity contribution >= 4 is 28.4 Å². The molecule has 5 atom stereocenters. The minimum Gasteiger partial charge on any atom is -0.469 e. The maximum absolute atomic E-state index is 14.3. The van der Waals surface area contributed by atoms with Gasteiger partial charge in [-0.2, -0.15) is 0 Å². The molecule has 0 spiro atoms. The Morgan fingerprint density at radius 1 is 0.945 bits per heavy atom. The highest BCUT2D eigenvalue weighted by atomic mass is 16.5. The van der Waals surface area contributed by atoms with Crippen LogP contribution in [-0.4, -0.2) is 44.1 Å². The minimum absolute atomic E-state index is 0.119. The molecular formula is C43H36N6O6. The zero-order chi connectivity index (χ0) is 37.4. The highest BCUT2D eigenvalue weighted by molar-refractivity contribution is 6.07. The molecule has 0 saturated carbocycles. The first kappa shape index (κ1) is 32.9. The van der Waals surface area contributed by atoms with E-state index >= 15 is 0 Å². The molecule has 4 aromatic carbocycles. The van der Waals surface area contributed by atoms with E-state index in [2.05, 4.69) is 56.3 Å². The van der Waals surface area contributed by atoms with Crippen LogP contribution in [0.5, 0.6) is 5.75 Å².